The zero-order valence-electron chi connectivity index (χ0n) is 11.1. The summed E-state index contributed by atoms with van der Waals surface area (Å²) in [5.41, 5.74) is -0.569. The second kappa shape index (κ2) is 5.51. The smallest absolute Gasteiger partial charge is 0.395 e. The van der Waals surface area contributed by atoms with Crippen LogP contribution in [0.1, 0.15) is 21.7 Å². The van der Waals surface area contributed by atoms with Gasteiger partial charge in [-0.25, -0.2) is 0 Å². The van der Waals surface area contributed by atoms with Crippen molar-refractivity contribution in [1.82, 2.24) is 0 Å². The van der Waals surface area contributed by atoms with Crippen molar-refractivity contribution in [3.8, 4) is 0 Å². The highest BCUT2D eigenvalue weighted by Gasteiger charge is 2.31. The van der Waals surface area contributed by atoms with Gasteiger partial charge in [0.1, 0.15) is 4.92 Å². The Morgan fingerprint density at radius 3 is 2.50 bits per heavy atom. The number of carbonyl (C=O) groups is 1. The molecule has 2 aromatic rings. The number of benzene rings is 1. The molecule has 0 fully saturated rings. The van der Waals surface area contributed by atoms with E-state index >= 15 is 0 Å². The number of hydrogen-bond acceptors (Lipinski definition) is 4. The van der Waals surface area contributed by atoms with Crippen molar-refractivity contribution < 1.29 is 27.3 Å². The van der Waals surface area contributed by atoms with Crippen LogP contribution in [-0.2, 0) is 6.18 Å². The molecular formula is C13H9F3N2O4. The van der Waals surface area contributed by atoms with Gasteiger partial charge in [-0.05, 0) is 30.7 Å². The Labute approximate surface area is 121 Å². The second-order valence-corrected chi connectivity index (χ2v) is 4.38. The van der Waals surface area contributed by atoms with Crippen molar-refractivity contribution in [3.05, 3.63) is 57.3 Å². The molecule has 1 heterocycles. The number of furan rings is 1. The normalized spacial score (nSPS) is 11.3. The minimum absolute atomic E-state index is 0.0566. The van der Waals surface area contributed by atoms with E-state index in [0.717, 1.165) is 24.3 Å². The average molecular weight is 314 g/mol. The fourth-order valence-electron chi connectivity index (χ4n) is 1.66. The first-order valence-corrected chi connectivity index (χ1v) is 5.92. The minimum atomic E-state index is -4.54. The molecule has 0 saturated carbocycles. The van der Waals surface area contributed by atoms with Gasteiger partial charge in [0, 0.05) is 5.69 Å². The molecule has 116 valence electrons. The summed E-state index contributed by atoms with van der Waals surface area (Å²) >= 11 is 0. The third-order valence-electron chi connectivity index (χ3n) is 2.81. The van der Waals surface area contributed by atoms with Crippen LogP contribution in [0.4, 0.5) is 24.7 Å². The molecule has 0 bridgehead atoms. The maximum Gasteiger partial charge on any atom is 0.433 e. The van der Waals surface area contributed by atoms with Crippen molar-refractivity contribution in [2.45, 2.75) is 13.1 Å². The molecule has 2 rings (SSSR count). The lowest BCUT2D eigenvalue weighted by molar-refractivity contribution is -0.402. The zero-order valence-corrected chi connectivity index (χ0v) is 11.1. The van der Waals surface area contributed by atoms with Crippen molar-refractivity contribution in [2.24, 2.45) is 0 Å². The van der Waals surface area contributed by atoms with Crippen LogP contribution in [0.5, 0.6) is 0 Å². The molecule has 6 nitrogen and oxygen atoms in total. The number of amides is 1. The fourth-order valence-corrected chi connectivity index (χ4v) is 1.66. The molecule has 0 atom stereocenters. The summed E-state index contributed by atoms with van der Waals surface area (Å²) in [6.45, 7) is 1.51. The van der Waals surface area contributed by atoms with Crippen LogP contribution in [0.25, 0.3) is 0 Å². The van der Waals surface area contributed by atoms with Crippen LogP contribution in [-0.4, -0.2) is 10.8 Å². The summed E-state index contributed by atoms with van der Waals surface area (Å²) in [7, 11) is 0. The molecule has 0 aliphatic rings. The monoisotopic (exact) mass is 314 g/mol. The van der Waals surface area contributed by atoms with Gasteiger partial charge in [0.2, 0.25) is 0 Å². The quantitative estimate of drug-likeness (QED) is 0.690. The van der Waals surface area contributed by atoms with Gasteiger partial charge in [-0.3, -0.25) is 14.9 Å². The molecular weight excluding hydrogens is 305 g/mol. The molecule has 0 spiro atoms. The highest BCUT2D eigenvalue weighted by molar-refractivity contribution is 6.02. The van der Waals surface area contributed by atoms with Crippen LogP contribution in [0, 0.1) is 17.0 Å². The van der Waals surface area contributed by atoms with E-state index in [-0.39, 0.29) is 11.4 Å². The van der Waals surface area contributed by atoms with Gasteiger partial charge in [0.15, 0.2) is 5.76 Å². The Morgan fingerprint density at radius 1 is 1.27 bits per heavy atom. The Morgan fingerprint density at radius 2 is 1.95 bits per heavy atom. The molecule has 1 N–H and O–H groups in total. The number of nitro groups is 1. The van der Waals surface area contributed by atoms with Crippen LogP contribution in [0.2, 0.25) is 0 Å². The average Bonchev–Trinajstić information content (AvgIpc) is 2.89. The molecule has 1 amide bonds. The first-order chi connectivity index (χ1) is 10.2. The first-order valence-electron chi connectivity index (χ1n) is 5.92. The molecule has 9 heteroatoms. The van der Waals surface area contributed by atoms with Crippen molar-refractivity contribution in [3.63, 3.8) is 0 Å². The summed E-state index contributed by atoms with van der Waals surface area (Å²) in [4.78, 5) is 21.5. The molecule has 0 aliphatic carbocycles. The summed E-state index contributed by atoms with van der Waals surface area (Å²) in [6.07, 6.45) is -4.54. The van der Waals surface area contributed by atoms with Crippen LogP contribution in [0.15, 0.2) is 34.7 Å². The maximum atomic E-state index is 12.6. The first kappa shape index (κ1) is 15.5. The largest absolute Gasteiger partial charge is 0.433 e. The van der Waals surface area contributed by atoms with E-state index in [0.29, 0.717) is 5.56 Å². The minimum Gasteiger partial charge on any atom is -0.395 e. The van der Waals surface area contributed by atoms with Gasteiger partial charge in [-0.15, -0.1) is 0 Å². The lowest BCUT2D eigenvalue weighted by Gasteiger charge is -2.11. The molecule has 0 unspecified atom stereocenters. The van der Waals surface area contributed by atoms with Crippen LogP contribution < -0.4 is 5.32 Å². The van der Waals surface area contributed by atoms with E-state index in [2.05, 4.69) is 9.73 Å². The van der Waals surface area contributed by atoms with Crippen molar-refractivity contribution >= 4 is 17.5 Å². The van der Waals surface area contributed by atoms with Crippen molar-refractivity contribution in [1.29, 1.82) is 0 Å². The number of nitrogens with one attached hydrogen (secondary N) is 1. The van der Waals surface area contributed by atoms with E-state index in [1.54, 1.807) is 0 Å². The number of alkyl halides is 3. The van der Waals surface area contributed by atoms with Gasteiger partial charge in [0.25, 0.3) is 5.91 Å². The summed E-state index contributed by atoms with van der Waals surface area (Å²) in [5, 5.41) is 12.7. The standard InChI is InChI=1S/C13H9F3N2O4/c1-7-2-3-8(13(14,15)16)6-9(7)17-12(19)10-4-5-11(22-10)18(20)21/h2-6H,1H3,(H,17,19). The highest BCUT2D eigenvalue weighted by Crippen LogP contribution is 2.32. The molecule has 1 aromatic heterocycles. The highest BCUT2D eigenvalue weighted by atomic mass is 19.4. The van der Waals surface area contributed by atoms with E-state index in [1.807, 2.05) is 0 Å². The predicted octanol–water partition coefficient (Wildman–Crippen LogP) is 3.77. The number of aryl methyl sites for hydroxylation is 1. The third-order valence-corrected chi connectivity index (χ3v) is 2.81. The third kappa shape index (κ3) is 3.25. The number of carbonyl (C=O) groups excluding carboxylic acids is 1. The number of nitrogens with zero attached hydrogens (tertiary/aromatic N) is 1. The Balaban J connectivity index is 2.25. The summed E-state index contributed by atoms with van der Waals surface area (Å²) < 4.78 is 42.6. The van der Waals surface area contributed by atoms with Crippen molar-refractivity contribution in [2.75, 3.05) is 5.32 Å². The summed E-state index contributed by atoms with van der Waals surface area (Å²) in [6, 6.07) is 4.93. The van der Waals surface area contributed by atoms with E-state index in [9.17, 15) is 28.1 Å². The molecule has 22 heavy (non-hydrogen) atoms. The lowest BCUT2D eigenvalue weighted by atomic mass is 10.1. The molecule has 0 saturated heterocycles. The van der Waals surface area contributed by atoms with Gasteiger partial charge < -0.3 is 9.73 Å². The van der Waals surface area contributed by atoms with E-state index < -0.39 is 28.5 Å². The predicted molar refractivity (Wildman–Crippen MR) is 69.5 cm³/mol. The topological polar surface area (TPSA) is 85.4 Å². The summed E-state index contributed by atoms with van der Waals surface area (Å²) in [5.74, 6) is -1.88. The number of rotatable bonds is 3. The Hall–Kier alpha value is -2.84. The SMILES string of the molecule is Cc1ccc(C(F)(F)F)cc1NC(=O)c1ccc([N+](=O)[O-])o1. The number of hydrogen-bond donors (Lipinski definition) is 1. The van der Waals surface area contributed by atoms with Crippen LogP contribution >= 0.6 is 0 Å². The fraction of sp³-hybridized carbons (Fsp3) is 0.154. The maximum absolute atomic E-state index is 12.6. The molecule has 0 radical (unpaired) electrons. The molecule has 0 aliphatic heterocycles. The van der Waals surface area contributed by atoms with Gasteiger partial charge in [-0.1, -0.05) is 6.07 Å². The van der Waals surface area contributed by atoms with Gasteiger partial charge in [-0.2, -0.15) is 13.2 Å². The molecule has 1 aromatic carbocycles. The zero-order chi connectivity index (χ0) is 16.5. The second-order valence-electron chi connectivity index (χ2n) is 4.38. The van der Waals surface area contributed by atoms with E-state index in [1.165, 1.54) is 13.0 Å². The van der Waals surface area contributed by atoms with Gasteiger partial charge in [0.05, 0.1) is 11.6 Å². The van der Waals surface area contributed by atoms with E-state index in [4.69, 9.17) is 0 Å². The lowest BCUT2D eigenvalue weighted by Crippen LogP contribution is -2.13. The Bertz CT molecular complexity index is 737. The Kier molecular flexibility index (Phi) is 3.89. The number of anilines is 1. The number of halogens is 3. The van der Waals surface area contributed by atoms with Gasteiger partial charge >= 0.3 is 12.1 Å². The van der Waals surface area contributed by atoms with Crippen LogP contribution in [0.3, 0.4) is 0 Å².